The minimum absolute atomic E-state index is 0.193. The second-order valence-corrected chi connectivity index (χ2v) is 11.2. The summed E-state index contributed by atoms with van der Waals surface area (Å²) in [4.78, 5) is 31.9. The van der Waals surface area contributed by atoms with Gasteiger partial charge in [-0.15, -0.1) is 0 Å². The van der Waals surface area contributed by atoms with Crippen molar-refractivity contribution in [3.63, 3.8) is 0 Å². The number of ether oxygens (including phenoxy) is 2. The number of hydrogen-bond donors (Lipinski definition) is 0. The largest absolute Gasteiger partial charge is 0.489 e. The maximum Gasteiger partial charge on any atom is 0.338 e. The quantitative estimate of drug-likeness (QED) is 0.228. The van der Waals surface area contributed by atoms with E-state index in [9.17, 15) is 9.59 Å². The average molecular weight is 614 g/mol. The van der Waals surface area contributed by atoms with Crippen LogP contribution in [-0.4, -0.2) is 17.1 Å². The van der Waals surface area contributed by atoms with Crippen LogP contribution in [0.25, 0.3) is 6.08 Å². The molecule has 0 aliphatic carbocycles. The first-order valence-corrected chi connectivity index (χ1v) is 14.3. The van der Waals surface area contributed by atoms with Crippen LogP contribution in [0, 0.1) is 0 Å². The molecule has 6 nitrogen and oxygen atoms in total. The standard InChI is InChI=1S/C30H23Cl3N2O4S/c1-3-38-29(37)26-17(2)34-30-35(27(26)21-9-4-5-10-22(21)31)28(36)25(40-30)15-18-7-6-8-20(13-18)39-16-19-11-12-23(32)24(33)14-19/h4-15,27H,3,16H2,1-2H3/b25-15+/t27-/m1/s1. The maximum atomic E-state index is 13.8. The molecule has 0 bridgehead atoms. The van der Waals surface area contributed by atoms with Crippen LogP contribution in [0.5, 0.6) is 5.75 Å². The highest BCUT2D eigenvalue weighted by Gasteiger charge is 2.34. The Balaban J connectivity index is 1.54. The van der Waals surface area contributed by atoms with E-state index in [2.05, 4.69) is 4.99 Å². The number of benzene rings is 3. The zero-order valence-corrected chi connectivity index (χ0v) is 24.6. The molecule has 40 heavy (non-hydrogen) atoms. The Morgan fingerprint density at radius 1 is 1.02 bits per heavy atom. The highest BCUT2D eigenvalue weighted by molar-refractivity contribution is 7.07. The van der Waals surface area contributed by atoms with Crippen LogP contribution in [0.3, 0.4) is 0 Å². The first-order valence-electron chi connectivity index (χ1n) is 12.4. The fourth-order valence-corrected chi connectivity index (χ4v) is 6.03. The van der Waals surface area contributed by atoms with Crippen LogP contribution in [-0.2, 0) is 16.1 Å². The average Bonchev–Trinajstić information content (AvgIpc) is 3.23. The molecule has 5 rings (SSSR count). The topological polar surface area (TPSA) is 69.9 Å². The molecule has 1 aliphatic rings. The van der Waals surface area contributed by atoms with Crippen molar-refractivity contribution < 1.29 is 14.3 Å². The normalized spacial score (nSPS) is 15.0. The lowest BCUT2D eigenvalue weighted by molar-refractivity contribution is -0.139. The Labute approximate surface area is 249 Å². The van der Waals surface area contributed by atoms with Crippen LogP contribution < -0.4 is 19.6 Å². The SMILES string of the molecule is CCOC(=O)C1=C(C)N=c2s/c(=C/c3cccc(OCc4ccc(Cl)c(Cl)c4)c3)c(=O)n2[C@@H]1c1ccccc1Cl. The second kappa shape index (κ2) is 12.0. The van der Waals surface area contributed by atoms with Crippen LogP contribution >= 0.6 is 46.1 Å². The molecule has 0 saturated heterocycles. The molecular weight excluding hydrogens is 591 g/mol. The van der Waals surface area contributed by atoms with Gasteiger partial charge in [-0.1, -0.05) is 82.5 Å². The van der Waals surface area contributed by atoms with Gasteiger partial charge >= 0.3 is 5.97 Å². The molecule has 204 valence electrons. The Morgan fingerprint density at radius 3 is 2.58 bits per heavy atom. The maximum absolute atomic E-state index is 13.8. The van der Waals surface area contributed by atoms with Crippen LogP contribution in [0.1, 0.15) is 36.6 Å². The summed E-state index contributed by atoms with van der Waals surface area (Å²) in [5.41, 5.74) is 2.74. The molecule has 10 heteroatoms. The van der Waals surface area contributed by atoms with Gasteiger partial charge in [0.2, 0.25) is 0 Å². The molecule has 1 aromatic heterocycles. The van der Waals surface area contributed by atoms with Crippen molar-refractivity contribution in [3.8, 4) is 5.75 Å². The van der Waals surface area contributed by atoms with Gasteiger partial charge in [-0.3, -0.25) is 9.36 Å². The van der Waals surface area contributed by atoms with Gasteiger partial charge < -0.3 is 9.47 Å². The molecule has 0 unspecified atom stereocenters. The van der Waals surface area contributed by atoms with Gasteiger partial charge in [-0.25, -0.2) is 9.79 Å². The first-order chi connectivity index (χ1) is 19.3. The lowest BCUT2D eigenvalue weighted by Crippen LogP contribution is -2.40. The first kappa shape index (κ1) is 28.2. The minimum atomic E-state index is -0.771. The molecule has 0 radical (unpaired) electrons. The Kier molecular flexibility index (Phi) is 8.47. The fraction of sp³-hybridized carbons (Fsp3) is 0.167. The smallest absolute Gasteiger partial charge is 0.338 e. The predicted molar refractivity (Wildman–Crippen MR) is 159 cm³/mol. The Bertz CT molecular complexity index is 1830. The second-order valence-electron chi connectivity index (χ2n) is 8.93. The minimum Gasteiger partial charge on any atom is -0.489 e. The highest BCUT2D eigenvalue weighted by atomic mass is 35.5. The fourth-order valence-electron chi connectivity index (χ4n) is 4.42. The highest BCUT2D eigenvalue weighted by Crippen LogP contribution is 2.34. The van der Waals surface area contributed by atoms with Gasteiger partial charge in [0.15, 0.2) is 4.80 Å². The van der Waals surface area contributed by atoms with Crippen molar-refractivity contribution in [3.05, 3.63) is 129 Å². The van der Waals surface area contributed by atoms with E-state index < -0.39 is 12.0 Å². The van der Waals surface area contributed by atoms with E-state index in [1.165, 1.54) is 15.9 Å². The molecule has 4 aromatic rings. The van der Waals surface area contributed by atoms with Crippen molar-refractivity contribution in [1.82, 2.24) is 4.57 Å². The summed E-state index contributed by atoms with van der Waals surface area (Å²) < 4.78 is 13.3. The third-order valence-corrected chi connectivity index (χ3v) is 8.33. The monoisotopic (exact) mass is 612 g/mol. The van der Waals surface area contributed by atoms with Crippen molar-refractivity contribution in [2.45, 2.75) is 26.5 Å². The summed E-state index contributed by atoms with van der Waals surface area (Å²) in [5, 5.41) is 1.38. The molecule has 2 heterocycles. The third kappa shape index (κ3) is 5.74. The summed E-state index contributed by atoms with van der Waals surface area (Å²) in [5.74, 6) is 0.0942. The van der Waals surface area contributed by atoms with Gasteiger partial charge in [0.25, 0.3) is 5.56 Å². The van der Waals surface area contributed by atoms with Gasteiger partial charge in [0, 0.05) is 5.02 Å². The van der Waals surface area contributed by atoms with Crippen LogP contribution in [0.15, 0.2) is 87.8 Å². The lowest BCUT2D eigenvalue weighted by Gasteiger charge is -2.25. The van der Waals surface area contributed by atoms with Crippen molar-refractivity contribution in [1.29, 1.82) is 0 Å². The van der Waals surface area contributed by atoms with E-state index in [0.717, 1.165) is 11.1 Å². The summed E-state index contributed by atoms with van der Waals surface area (Å²) in [6, 6.07) is 19.1. The number of carbonyl (C=O) groups is 1. The molecule has 3 aromatic carbocycles. The molecule has 1 atom stereocenters. The predicted octanol–water partition coefficient (Wildman–Crippen LogP) is 6.34. The lowest BCUT2D eigenvalue weighted by atomic mass is 9.96. The van der Waals surface area contributed by atoms with E-state index in [1.54, 1.807) is 50.3 Å². The van der Waals surface area contributed by atoms with E-state index in [1.807, 2.05) is 36.4 Å². The number of nitrogens with zero attached hydrogens (tertiary/aromatic N) is 2. The molecular formula is C30H23Cl3N2O4S. The van der Waals surface area contributed by atoms with Gasteiger partial charge in [-0.2, -0.15) is 0 Å². The number of rotatable bonds is 7. The zero-order chi connectivity index (χ0) is 28.4. The van der Waals surface area contributed by atoms with Crippen LogP contribution in [0.4, 0.5) is 0 Å². The van der Waals surface area contributed by atoms with Crippen molar-refractivity contribution in [2.24, 2.45) is 4.99 Å². The molecule has 0 spiro atoms. The number of halogens is 3. The molecule has 0 N–H and O–H groups in total. The summed E-state index contributed by atoms with van der Waals surface area (Å²) in [6.07, 6.45) is 1.78. The summed E-state index contributed by atoms with van der Waals surface area (Å²) >= 11 is 19.9. The number of fused-ring (bicyclic) bond motifs is 1. The van der Waals surface area contributed by atoms with E-state index in [4.69, 9.17) is 44.3 Å². The Morgan fingerprint density at radius 2 is 1.82 bits per heavy atom. The number of hydrogen-bond acceptors (Lipinski definition) is 6. The summed E-state index contributed by atoms with van der Waals surface area (Å²) in [6.45, 7) is 3.97. The van der Waals surface area contributed by atoms with E-state index in [-0.39, 0.29) is 17.7 Å². The molecule has 0 fully saturated rings. The number of esters is 1. The van der Waals surface area contributed by atoms with E-state index in [0.29, 0.717) is 48.0 Å². The zero-order valence-electron chi connectivity index (χ0n) is 21.5. The molecule has 1 aliphatic heterocycles. The molecule has 0 saturated carbocycles. The van der Waals surface area contributed by atoms with Gasteiger partial charge in [0.05, 0.1) is 32.5 Å². The number of allylic oxidation sites excluding steroid dienone is 1. The van der Waals surface area contributed by atoms with Gasteiger partial charge in [-0.05, 0) is 66.9 Å². The van der Waals surface area contributed by atoms with E-state index >= 15 is 0 Å². The number of thiazole rings is 1. The summed E-state index contributed by atoms with van der Waals surface area (Å²) in [7, 11) is 0. The van der Waals surface area contributed by atoms with Crippen molar-refractivity contribution >= 4 is 58.2 Å². The van der Waals surface area contributed by atoms with Gasteiger partial charge in [0.1, 0.15) is 18.4 Å². The van der Waals surface area contributed by atoms with Crippen LogP contribution in [0.2, 0.25) is 15.1 Å². The molecule has 0 amide bonds. The van der Waals surface area contributed by atoms with Crippen molar-refractivity contribution in [2.75, 3.05) is 6.61 Å². The number of aromatic nitrogens is 1. The number of carbonyl (C=O) groups excluding carboxylic acids is 1. The third-order valence-electron chi connectivity index (χ3n) is 6.26. The Hall–Kier alpha value is -3.36.